The zero-order chi connectivity index (χ0) is 3.70. The second kappa shape index (κ2) is 3.42. The van der Waals surface area contributed by atoms with Crippen molar-refractivity contribution in [2.24, 2.45) is 5.92 Å². The monoisotopic (exact) mass is 336 g/mol. The Kier molecular flexibility index (Phi) is 4.23. The molecule has 1 saturated carbocycles. The van der Waals surface area contributed by atoms with Crippen LogP contribution in [0, 0.1) is 5.92 Å². The Hall–Kier alpha value is 1.42. The van der Waals surface area contributed by atoms with Crippen LogP contribution in [0.15, 0.2) is 0 Å². The van der Waals surface area contributed by atoms with Crippen molar-refractivity contribution in [3.63, 3.8) is 0 Å². The number of hydrogen-bond donors (Lipinski definition) is 0. The van der Waals surface area contributed by atoms with Gasteiger partial charge in [0.05, 0.1) is 0 Å². The molecule has 0 radical (unpaired) electrons. The molecule has 6 heavy (non-hydrogen) atoms. The fraction of sp³-hybridized carbons (Fsp3) is 1.00. The van der Waals surface area contributed by atoms with Gasteiger partial charge in [-0.15, -0.1) is 0 Å². The van der Waals surface area contributed by atoms with Crippen LogP contribution in [0.3, 0.4) is 0 Å². The zero-order valence-corrected chi connectivity index (χ0v) is 10.9. The van der Waals surface area contributed by atoms with E-state index in [0.29, 0.717) is 0 Å². The van der Waals surface area contributed by atoms with Crippen molar-refractivity contribution >= 4 is 0 Å². The first-order valence-electron chi connectivity index (χ1n) is 2.22. The summed E-state index contributed by atoms with van der Waals surface area (Å²) in [6.45, 7) is 0. The Morgan fingerprint density at radius 3 is 2.00 bits per heavy atom. The summed E-state index contributed by atoms with van der Waals surface area (Å²) in [7, 11) is 0. The van der Waals surface area contributed by atoms with Crippen LogP contribution < -0.4 is 17.0 Å². The Morgan fingerprint density at radius 1 is 1.50 bits per heavy atom. The van der Waals surface area contributed by atoms with Crippen LogP contribution >= 0.6 is 0 Å². The second-order valence-corrected chi connectivity index (χ2v) is 3.98. The molecule has 0 aromatic rings. The molecule has 1 aliphatic carbocycles. The predicted molar refractivity (Wildman–Crippen MR) is 17.5 cm³/mol. The standard InChI is InChI=1S/C4H7.BrH.Hg/c1-4-2-3-4;;/h4H,1-3H2;1H;/q;;+1/p-1. The van der Waals surface area contributed by atoms with Gasteiger partial charge in [0.15, 0.2) is 0 Å². The number of hydrogen-bond acceptors (Lipinski definition) is 0. The summed E-state index contributed by atoms with van der Waals surface area (Å²) in [6.07, 6.45) is 3.12. The molecule has 32 valence electrons. The van der Waals surface area contributed by atoms with Crippen molar-refractivity contribution < 1.29 is 43.1 Å². The molecule has 0 amide bonds. The summed E-state index contributed by atoms with van der Waals surface area (Å²) >= 11 is 1.11. The van der Waals surface area contributed by atoms with Gasteiger partial charge in [0, 0.05) is 0 Å². The molecule has 0 aromatic carbocycles. The Labute approximate surface area is 65.4 Å². The maximum absolute atomic E-state index is 1.61. The van der Waals surface area contributed by atoms with E-state index in [9.17, 15) is 0 Å². The molecule has 1 rings (SSSR count). The molecule has 0 aliphatic heterocycles. The van der Waals surface area contributed by atoms with Gasteiger partial charge in [-0.1, -0.05) is 0 Å². The van der Waals surface area contributed by atoms with Crippen LogP contribution in [0.2, 0.25) is 3.93 Å². The van der Waals surface area contributed by atoms with Crippen molar-refractivity contribution in [1.82, 2.24) is 0 Å². The molecule has 1 aliphatic rings. The molecule has 2 heteroatoms. The van der Waals surface area contributed by atoms with Gasteiger partial charge in [0.25, 0.3) is 0 Å². The van der Waals surface area contributed by atoms with Crippen molar-refractivity contribution in [3.05, 3.63) is 0 Å². The van der Waals surface area contributed by atoms with Crippen LogP contribution in [-0.2, 0) is 26.1 Å². The molecule has 0 nitrogen and oxygen atoms in total. The first-order chi connectivity index (χ1) is 2.43. The van der Waals surface area contributed by atoms with E-state index in [4.69, 9.17) is 0 Å². The molecule has 0 N–H and O–H groups in total. The fourth-order valence-corrected chi connectivity index (χ4v) is 2.65. The van der Waals surface area contributed by atoms with Gasteiger partial charge in [-0.25, -0.2) is 0 Å². The Morgan fingerprint density at radius 2 is 2.00 bits per heavy atom. The molecule has 1 fully saturated rings. The average Bonchev–Trinajstić information content (AvgIpc) is 2.12. The summed E-state index contributed by atoms with van der Waals surface area (Å²) in [5.74, 6) is 1.22. The van der Waals surface area contributed by atoms with E-state index >= 15 is 0 Å². The van der Waals surface area contributed by atoms with E-state index in [1.807, 2.05) is 0 Å². The van der Waals surface area contributed by atoms with Crippen LogP contribution in [0.1, 0.15) is 12.8 Å². The maximum atomic E-state index is 1.61. The van der Waals surface area contributed by atoms with Crippen molar-refractivity contribution in [1.29, 1.82) is 0 Å². The van der Waals surface area contributed by atoms with Crippen molar-refractivity contribution in [3.8, 4) is 0 Å². The van der Waals surface area contributed by atoms with E-state index in [0.717, 1.165) is 26.1 Å². The minimum atomic E-state index is 0. The molecule has 0 bridgehead atoms. The van der Waals surface area contributed by atoms with Gasteiger partial charge >= 0.3 is 48.8 Å². The summed E-state index contributed by atoms with van der Waals surface area (Å²) in [6, 6.07) is 0. The zero-order valence-electron chi connectivity index (χ0n) is 3.78. The third-order valence-corrected chi connectivity index (χ3v) is 4.28. The quantitative estimate of drug-likeness (QED) is 0.505. The van der Waals surface area contributed by atoms with E-state index in [1.54, 1.807) is 16.8 Å². The molecule has 0 heterocycles. The van der Waals surface area contributed by atoms with Crippen LogP contribution in [0.25, 0.3) is 0 Å². The van der Waals surface area contributed by atoms with Gasteiger partial charge in [-0.3, -0.25) is 0 Å². The molecular weight excluding hydrogens is 329 g/mol. The minimum absolute atomic E-state index is 0. The molecule has 0 aromatic heterocycles. The van der Waals surface area contributed by atoms with E-state index in [2.05, 4.69) is 0 Å². The number of halogens is 1. The molecule has 0 unspecified atom stereocenters. The number of rotatable bonds is 1. The van der Waals surface area contributed by atoms with E-state index in [1.165, 1.54) is 5.92 Å². The Bertz CT molecular complexity index is 34.5. The summed E-state index contributed by atoms with van der Waals surface area (Å²) in [4.78, 5) is 0. The summed E-state index contributed by atoms with van der Waals surface area (Å²) in [5, 5.41) is 0. The SMILES string of the molecule is [Br-].[Hg+][CH2]C1CC1. The van der Waals surface area contributed by atoms with Crippen LogP contribution in [-0.4, -0.2) is 0 Å². The molecule has 0 atom stereocenters. The van der Waals surface area contributed by atoms with Gasteiger partial charge in [0.1, 0.15) is 0 Å². The third-order valence-electron chi connectivity index (χ3n) is 1.11. The van der Waals surface area contributed by atoms with Crippen molar-refractivity contribution in [2.45, 2.75) is 16.8 Å². The first-order valence-corrected chi connectivity index (χ1v) is 6.11. The van der Waals surface area contributed by atoms with Gasteiger partial charge in [0.2, 0.25) is 0 Å². The second-order valence-electron chi connectivity index (χ2n) is 1.73. The van der Waals surface area contributed by atoms with Crippen LogP contribution in [0.5, 0.6) is 0 Å². The molecule has 0 spiro atoms. The van der Waals surface area contributed by atoms with E-state index in [-0.39, 0.29) is 17.0 Å². The summed E-state index contributed by atoms with van der Waals surface area (Å²) in [5.41, 5.74) is 0. The van der Waals surface area contributed by atoms with E-state index < -0.39 is 0 Å². The average molecular weight is 336 g/mol. The fourth-order valence-electron chi connectivity index (χ4n) is 0.407. The van der Waals surface area contributed by atoms with Crippen molar-refractivity contribution in [2.75, 3.05) is 0 Å². The topological polar surface area (TPSA) is 0 Å². The third kappa shape index (κ3) is 2.56. The van der Waals surface area contributed by atoms with Gasteiger partial charge in [-0.2, -0.15) is 0 Å². The van der Waals surface area contributed by atoms with Gasteiger partial charge in [-0.05, 0) is 0 Å². The normalized spacial score (nSPS) is 19.7. The first kappa shape index (κ1) is 7.42. The van der Waals surface area contributed by atoms with Gasteiger partial charge < -0.3 is 17.0 Å². The molecule has 0 saturated heterocycles. The molecular formula is C4H7BrHg. The van der Waals surface area contributed by atoms with Crippen LogP contribution in [0.4, 0.5) is 0 Å². The Balaban J connectivity index is 0.000000250. The predicted octanol–water partition coefficient (Wildman–Crippen LogP) is -1.63. The summed E-state index contributed by atoms with van der Waals surface area (Å²) < 4.78 is 1.61.